The fraction of sp³-hybridized carbons (Fsp3) is 0.714. The average Bonchev–Trinajstić information content (AvgIpc) is 2.93. The van der Waals surface area contributed by atoms with Gasteiger partial charge in [-0.2, -0.15) is 0 Å². The number of aromatic nitrogens is 2. The summed E-state index contributed by atoms with van der Waals surface area (Å²) in [5.41, 5.74) is 0.441. The third-order valence-corrected chi connectivity index (χ3v) is 2.65. The molecule has 0 saturated heterocycles. The minimum atomic E-state index is 0.441. The maximum atomic E-state index is 10.4. The van der Waals surface area contributed by atoms with E-state index in [0.717, 1.165) is 25.7 Å². The van der Waals surface area contributed by atoms with Gasteiger partial charge >= 0.3 is 0 Å². The van der Waals surface area contributed by atoms with E-state index in [2.05, 4.69) is 11.9 Å². The lowest BCUT2D eigenvalue weighted by atomic mass is 10.4. The van der Waals surface area contributed by atoms with Crippen molar-refractivity contribution < 1.29 is 19.0 Å². The summed E-state index contributed by atoms with van der Waals surface area (Å²) in [6.07, 6.45) is 6.30. The van der Waals surface area contributed by atoms with Gasteiger partial charge in [-0.05, 0) is 6.42 Å². The predicted octanol–water partition coefficient (Wildman–Crippen LogP) is 1.55. The first kappa shape index (κ1) is 16.8. The van der Waals surface area contributed by atoms with Crippen molar-refractivity contribution in [1.29, 1.82) is 0 Å². The van der Waals surface area contributed by atoms with Gasteiger partial charge in [-0.1, -0.05) is 13.3 Å². The molecule has 0 unspecified atom stereocenters. The van der Waals surface area contributed by atoms with Gasteiger partial charge in [-0.25, -0.2) is 4.98 Å². The van der Waals surface area contributed by atoms with Crippen molar-refractivity contribution in [2.75, 3.05) is 39.6 Å². The highest BCUT2D eigenvalue weighted by Gasteiger charge is 1.96. The Morgan fingerprint density at radius 2 is 1.75 bits per heavy atom. The Labute approximate surface area is 120 Å². The molecule has 0 saturated carbocycles. The van der Waals surface area contributed by atoms with Gasteiger partial charge in [0.05, 0.1) is 39.4 Å². The van der Waals surface area contributed by atoms with Crippen molar-refractivity contribution in [2.24, 2.45) is 0 Å². The van der Waals surface area contributed by atoms with Crippen LogP contribution >= 0.6 is 0 Å². The normalized spacial score (nSPS) is 10.8. The van der Waals surface area contributed by atoms with Gasteiger partial charge in [0.2, 0.25) is 0 Å². The van der Waals surface area contributed by atoms with E-state index in [1.54, 1.807) is 12.5 Å². The van der Waals surface area contributed by atoms with Crippen molar-refractivity contribution in [3.05, 3.63) is 18.2 Å². The second-order valence-corrected chi connectivity index (χ2v) is 4.34. The van der Waals surface area contributed by atoms with E-state index in [9.17, 15) is 4.79 Å². The number of ether oxygens (including phenoxy) is 3. The molecule has 114 valence electrons. The molecule has 0 radical (unpaired) electrons. The molecule has 1 heterocycles. The smallest absolute Gasteiger partial charge is 0.169 e. The Hall–Kier alpha value is -1.24. The molecule has 0 aliphatic heterocycles. The first-order valence-corrected chi connectivity index (χ1v) is 7.07. The molecule has 0 aromatic carbocycles. The van der Waals surface area contributed by atoms with E-state index in [1.807, 2.05) is 4.57 Å². The molecule has 6 nitrogen and oxygen atoms in total. The lowest BCUT2D eigenvalue weighted by Gasteiger charge is -2.07. The molecule has 1 aromatic rings. The van der Waals surface area contributed by atoms with Gasteiger partial charge in [0.15, 0.2) is 6.29 Å². The maximum absolute atomic E-state index is 10.4. The molecule has 0 aliphatic carbocycles. The summed E-state index contributed by atoms with van der Waals surface area (Å²) < 4.78 is 18.0. The summed E-state index contributed by atoms with van der Waals surface area (Å²) in [7, 11) is 0. The van der Waals surface area contributed by atoms with E-state index >= 15 is 0 Å². The van der Waals surface area contributed by atoms with Gasteiger partial charge < -0.3 is 18.8 Å². The average molecular weight is 284 g/mol. The molecule has 20 heavy (non-hydrogen) atoms. The minimum Gasteiger partial charge on any atom is -0.379 e. The van der Waals surface area contributed by atoms with Crippen LogP contribution in [0.2, 0.25) is 0 Å². The summed E-state index contributed by atoms with van der Waals surface area (Å²) in [4.78, 5) is 14.4. The van der Waals surface area contributed by atoms with Crippen LogP contribution in [0.25, 0.3) is 0 Å². The Morgan fingerprint density at radius 3 is 2.35 bits per heavy atom. The van der Waals surface area contributed by atoms with Crippen LogP contribution in [0.4, 0.5) is 0 Å². The molecular formula is C14H24N2O4. The molecule has 0 atom stereocenters. The quantitative estimate of drug-likeness (QED) is 0.406. The second kappa shape index (κ2) is 11.6. The SMILES string of the molecule is CCCCOCCOCCOCCn1cnc(C=O)c1. The van der Waals surface area contributed by atoms with Crippen LogP contribution in [-0.4, -0.2) is 55.5 Å². The fourth-order valence-electron chi connectivity index (χ4n) is 1.52. The van der Waals surface area contributed by atoms with Crippen LogP contribution in [0.15, 0.2) is 12.5 Å². The molecule has 6 heteroatoms. The number of nitrogens with zero attached hydrogens (tertiary/aromatic N) is 2. The second-order valence-electron chi connectivity index (χ2n) is 4.34. The molecule has 0 aliphatic rings. The monoisotopic (exact) mass is 284 g/mol. The lowest BCUT2D eigenvalue weighted by Crippen LogP contribution is -2.12. The van der Waals surface area contributed by atoms with Crippen LogP contribution in [-0.2, 0) is 20.8 Å². The number of hydrogen-bond donors (Lipinski definition) is 0. The zero-order chi connectivity index (χ0) is 14.5. The highest BCUT2D eigenvalue weighted by Crippen LogP contribution is 1.93. The van der Waals surface area contributed by atoms with E-state index in [0.29, 0.717) is 45.3 Å². The molecule has 0 amide bonds. The number of rotatable bonds is 13. The summed E-state index contributed by atoms with van der Waals surface area (Å²) in [6, 6.07) is 0. The number of imidazole rings is 1. The largest absolute Gasteiger partial charge is 0.379 e. The number of carbonyl (C=O) groups excluding carboxylic acids is 1. The zero-order valence-electron chi connectivity index (χ0n) is 12.1. The van der Waals surface area contributed by atoms with Crippen molar-refractivity contribution >= 4 is 6.29 Å². The number of unbranched alkanes of at least 4 members (excludes halogenated alkanes) is 1. The predicted molar refractivity (Wildman–Crippen MR) is 75.0 cm³/mol. The molecule has 0 bridgehead atoms. The van der Waals surface area contributed by atoms with Gasteiger partial charge in [-0.3, -0.25) is 4.79 Å². The first-order valence-electron chi connectivity index (χ1n) is 7.07. The molecule has 0 fully saturated rings. The molecule has 0 N–H and O–H groups in total. The van der Waals surface area contributed by atoms with Gasteiger partial charge in [-0.15, -0.1) is 0 Å². The Bertz CT molecular complexity index is 355. The first-order chi connectivity index (χ1) is 9.86. The molecule has 0 spiro atoms. The van der Waals surface area contributed by atoms with Crippen LogP contribution in [0.3, 0.4) is 0 Å². The highest BCUT2D eigenvalue weighted by molar-refractivity contribution is 5.70. The summed E-state index contributed by atoms with van der Waals surface area (Å²) in [5.74, 6) is 0. The van der Waals surface area contributed by atoms with Crippen LogP contribution in [0, 0.1) is 0 Å². The fourth-order valence-corrected chi connectivity index (χ4v) is 1.52. The van der Waals surface area contributed by atoms with Crippen molar-refractivity contribution in [3.8, 4) is 0 Å². The number of hydrogen-bond acceptors (Lipinski definition) is 5. The van der Waals surface area contributed by atoms with E-state index in [4.69, 9.17) is 14.2 Å². The van der Waals surface area contributed by atoms with Crippen LogP contribution in [0.5, 0.6) is 0 Å². The maximum Gasteiger partial charge on any atom is 0.169 e. The number of aldehydes is 1. The molecular weight excluding hydrogens is 260 g/mol. The summed E-state index contributed by atoms with van der Waals surface area (Å²) in [5, 5.41) is 0. The Balaban J connectivity index is 1.84. The summed E-state index contributed by atoms with van der Waals surface area (Å²) >= 11 is 0. The van der Waals surface area contributed by atoms with Crippen molar-refractivity contribution in [3.63, 3.8) is 0 Å². The standard InChI is InChI=1S/C14H24N2O4/c1-2-3-5-18-7-9-20-10-8-19-6-4-16-11-14(12-17)15-13-16/h11-13H,2-10H2,1H3. The lowest BCUT2D eigenvalue weighted by molar-refractivity contribution is 0.0127. The van der Waals surface area contributed by atoms with Crippen LogP contribution in [0.1, 0.15) is 30.3 Å². The Morgan fingerprint density at radius 1 is 1.10 bits per heavy atom. The van der Waals surface area contributed by atoms with Gasteiger partial charge in [0.25, 0.3) is 0 Å². The van der Waals surface area contributed by atoms with E-state index in [-0.39, 0.29) is 0 Å². The molecule has 1 rings (SSSR count). The van der Waals surface area contributed by atoms with E-state index < -0.39 is 0 Å². The van der Waals surface area contributed by atoms with Crippen molar-refractivity contribution in [2.45, 2.75) is 26.3 Å². The van der Waals surface area contributed by atoms with Crippen LogP contribution < -0.4 is 0 Å². The third kappa shape index (κ3) is 8.04. The summed E-state index contributed by atoms with van der Waals surface area (Å²) in [6.45, 7) is 6.59. The highest BCUT2D eigenvalue weighted by atomic mass is 16.5. The third-order valence-electron chi connectivity index (χ3n) is 2.65. The zero-order valence-corrected chi connectivity index (χ0v) is 12.1. The number of carbonyl (C=O) groups is 1. The van der Waals surface area contributed by atoms with Gasteiger partial charge in [0, 0.05) is 19.3 Å². The van der Waals surface area contributed by atoms with E-state index in [1.165, 1.54) is 0 Å². The van der Waals surface area contributed by atoms with Gasteiger partial charge in [0.1, 0.15) is 5.69 Å². The minimum absolute atomic E-state index is 0.441. The topological polar surface area (TPSA) is 62.6 Å². The van der Waals surface area contributed by atoms with Crippen molar-refractivity contribution in [1.82, 2.24) is 9.55 Å². The molecule has 1 aromatic heterocycles. The Kier molecular flexibility index (Phi) is 9.73.